The maximum absolute atomic E-state index is 9.26. The molecular weight excluding hydrogens is 264 g/mol. The molecular formula is C17H22N2O2. The fourth-order valence-corrected chi connectivity index (χ4v) is 2.33. The second-order valence-corrected chi connectivity index (χ2v) is 5.06. The van der Waals surface area contributed by atoms with E-state index in [-0.39, 0.29) is 6.61 Å². The van der Waals surface area contributed by atoms with Crippen molar-refractivity contribution >= 4 is 0 Å². The highest BCUT2D eigenvalue weighted by Gasteiger charge is 2.09. The van der Waals surface area contributed by atoms with E-state index in [1.54, 1.807) is 7.11 Å². The van der Waals surface area contributed by atoms with Gasteiger partial charge in [0.05, 0.1) is 19.4 Å². The first-order valence-corrected chi connectivity index (χ1v) is 7.10. The van der Waals surface area contributed by atoms with Gasteiger partial charge in [-0.3, -0.25) is 9.88 Å². The van der Waals surface area contributed by atoms with Gasteiger partial charge in [0.25, 0.3) is 0 Å². The first-order valence-electron chi connectivity index (χ1n) is 7.10. The first kappa shape index (κ1) is 15.5. The number of aromatic nitrogens is 1. The van der Waals surface area contributed by atoms with Crippen molar-refractivity contribution < 1.29 is 9.84 Å². The van der Waals surface area contributed by atoms with Crippen molar-refractivity contribution in [2.45, 2.75) is 20.0 Å². The van der Waals surface area contributed by atoms with Crippen LogP contribution in [0.15, 0.2) is 42.5 Å². The average molecular weight is 286 g/mol. The summed E-state index contributed by atoms with van der Waals surface area (Å²) in [6, 6.07) is 14.1. The smallest absolute Gasteiger partial charge is 0.122 e. The first-order chi connectivity index (χ1) is 10.2. The molecule has 0 amide bonds. The number of nitrogens with zero attached hydrogens (tertiary/aromatic N) is 2. The molecule has 21 heavy (non-hydrogen) atoms. The van der Waals surface area contributed by atoms with Crippen molar-refractivity contribution in [3.63, 3.8) is 0 Å². The Labute approximate surface area is 126 Å². The molecule has 0 saturated carbocycles. The van der Waals surface area contributed by atoms with E-state index >= 15 is 0 Å². The number of pyridine rings is 1. The second-order valence-electron chi connectivity index (χ2n) is 5.06. The molecule has 0 unspecified atom stereocenters. The molecule has 112 valence electrons. The minimum Gasteiger partial charge on any atom is -0.497 e. The van der Waals surface area contributed by atoms with Gasteiger partial charge < -0.3 is 9.84 Å². The number of benzene rings is 1. The molecule has 0 saturated heterocycles. The molecule has 1 aromatic carbocycles. The van der Waals surface area contributed by atoms with Gasteiger partial charge in [-0.2, -0.15) is 0 Å². The zero-order valence-corrected chi connectivity index (χ0v) is 12.6. The van der Waals surface area contributed by atoms with Gasteiger partial charge in [-0.25, -0.2) is 0 Å². The third-order valence-electron chi connectivity index (χ3n) is 3.27. The second kappa shape index (κ2) is 7.76. The highest BCUT2D eigenvalue weighted by Crippen LogP contribution is 2.16. The molecule has 0 spiro atoms. The van der Waals surface area contributed by atoms with Crippen LogP contribution in [0.5, 0.6) is 5.75 Å². The topological polar surface area (TPSA) is 45.6 Å². The summed E-state index contributed by atoms with van der Waals surface area (Å²) >= 11 is 0. The molecule has 4 nitrogen and oxygen atoms in total. The molecule has 0 radical (unpaired) electrons. The van der Waals surface area contributed by atoms with E-state index < -0.39 is 0 Å². The van der Waals surface area contributed by atoms with Crippen molar-refractivity contribution in [1.29, 1.82) is 0 Å². The molecule has 1 heterocycles. The normalized spacial score (nSPS) is 10.9. The van der Waals surface area contributed by atoms with E-state index in [0.29, 0.717) is 13.1 Å². The standard InChI is InChI=1S/C17H22N2O2/c1-14-10-17(21-2)11-16(18-14)13-19(8-9-20)12-15-6-4-3-5-7-15/h3-7,10-11,20H,8-9,12-13H2,1-2H3. The minimum atomic E-state index is 0.135. The van der Waals surface area contributed by atoms with Crippen molar-refractivity contribution in [1.82, 2.24) is 9.88 Å². The van der Waals surface area contributed by atoms with Crippen molar-refractivity contribution in [2.75, 3.05) is 20.3 Å². The highest BCUT2D eigenvalue weighted by molar-refractivity contribution is 5.26. The Hall–Kier alpha value is -1.91. The van der Waals surface area contributed by atoms with Gasteiger partial charge in [-0.05, 0) is 12.5 Å². The fourth-order valence-electron chi connectivity index (χ4n) is 2.33. The van der Waals surface area contributed by atoms with Gasteiger partial charge in [0.15, 0.2) is 0 Å². The average Bonchev–Trinajstić information content (AvgIpc) is 2.48. The maximum atomic E-state index is 9.26. The van der Waals surface area contributed by atoms with Gasteiger partial charge in [0, 0.05) is 37.5 Å². The number of aliphatic hydroxyl groups excluding tert-OH is 1. The molecule has 0 fully saturated rings. The SMILES string of the molecule is COc1cc(C)nc(CN(CCO)Cc2ccccc2)c1. The Morgan fingerprint density at radius 1 is 1.14 bits per heavy atom. The molecule has 2 aromatic rings. The monoisotopic (exact) mass is 286 g/mol. The summed E-state index contributed by atoms with van der Waals surface area (Å²) < 4.78 is 5.29. The Morgan fingerprint density at radius 3 is 2.57 bits per heavy atom. The van der Waals surface area contributed by atoms with E-state index in [9.17, 15) is 5.11 Å². The van der Waals surface area contributed by atoms with E-state index in [4.69, 9.17) is 4.74 Å². The number of hydrogen-bond donors (Lipinski definition) is 1. The van der Waals surface area contributed by atoms with Gasteiger partial charge in [0.2, 0.25) is 0 Å². The largest absolute Gasteiger partial charge is 0.497 e. The van der Waals surface area contributed by atoms with E-state index in [0.717, 1.165) is 23.7 Å². The summed E-state index contributed by atoms with van der Waals surface area (Å²) in [5, 5.41) is 9.26. The maximum Gasteiger partial charge on any atom is 0.122 e. The molecule has 0 aliphatic rings. The lowest BCUT2D eigenvalue weighted by Crippen LogP contribution is -2.26. The third kappa shape index (κ3) is 4.85. The van der Waals surface area contributed by atoms with Crippen LogP contribution < -0.4 is 4.74 Å². The number of rotatable bonds is 7. The van der Waals surface area contributed by atoms with E-state index in [1.807, 2.05) is 37.3 Å². The molecule has 0 aliphatic carbocycles. The molecule has 2 rings (SSSR count). The van der Waals surface area contributed by atoms with Crippen LogP contribution in [0.2, 0.25) is 0 Å². The summed E-state index contributed by atoms with van der Waals surface area (Å²) in [7, 11) is 1.66. The highest BCUT2D eigenvalue weighted by atomic mass is 16.5. The zero-order chi connectivity index (χ0) is 15.1. The van der Waals surface area contributed by atoms with Gasteiger partial charge >= 0.3 is 0 Å². The fraction of sp³-hybridized carbons (Fsp3) is 0.353. The Balaban J connectivity index is 2.10. The van der Waals surface area contributed by atoms with E-state index in [2.05, 4.69) is 22.0 Å². The molecule has 1 N–H and O–H groups in total. The molecule has 4 heteroatoms. The number of methoxy groups -OCH3 is 1. The predicted octanol–water partition coefficient (Wildman–Crippen LogP) is 2.39. The van der Waals surface area contributed by atoms with Crippen molar-refractivity contribution in [2.24, 2.45) is 0 Å². The molecule has 0 atom stereocenters. The van der Waals surface area contributed by atoms with Gasteiger partial charge in [0.1, 0.15) is 5.75 Å². The molecule has 1 aromatic heterocycles. The van der Waals surface area contributed by atoms with Crippen LogP contribution in [0.3, 0.4) is 0 Å². The summed E-state index contributed by atoms with van der Waals surface area (Å²) in [5.41, 5.74) is 3.12. The van der Waals surface area contributed by atoms with Crippen LogP contribution >= 0.6 is 0 Å². The Bertz CT molecular complexity index is 558. The summed E-state index contributed by atoms with van der Waals surface area (Å²) in [5.74, 6) is 0.821. The number of ether oxygens (including phenoxy) is 1. The molecule has 0 aliphatic heterocycles. The lowest BCUT2D eigenvalue weighted by molar-refractivity contribution is 0.182. The van der Waals surface area contributed by atoms with Crippen LogP contribution in [-0.2, 0) is 13.1 Å². The zero-order valence-electron chi connectivity index (χ0n) is 12.6. The number of aliphatic hydroxyl groups is 1. The Morgan fingerprint density at radius 2 is 1.90 bits per heavy atom. The van der Waals surface area contributed by atoms with Crippen molar-refractivity contribution in [3.05, 3.63) is 59.4 Å². The summed E-state index contributed by atoms with van der Waals surface area (Å²) in [6.07, 6.45) is 0. The summed E-state index contributed by atoms with van der Waals surface area (Å²) in [6.45, 7) is 4.19. The van der Waals surface area contributed by atoms with Gasteiger partial charge in [-0.15, -0.1) is 0 Å². The third-order valence-corrected chi connectivity index (χ3v) is 3.27. The molecule has 0 bridgehead atoms. The van der Waals surface area contributed by atoms with Crippen LogP contribution in [0, 0.1) is 6.92 Å². The number of hydrogen-bond acceptors (Lipinski definition) is 4. The minimum absolute atomic E-state index is 0.135. The Kier molecular flexibility index (Phi) is 5.72. The lowest BCUT2D eigenvalue weighted by atomic mass is 10.2. The van der Waals surface area contributed by atoms with Crippen LogP contribution in [0.4, 0.5) is 0 Å². The quantitative estimate of drug-likeness (QED) is 0.849. The van der Waals surface area contributed by atoms with Crippen molar-refractivity contribution in [3.8, 4) is 5.75 Å². The lowest BCUT2D eigenvalue weighted by Gasteiger charge is -2.21. The predicted molar refractivity (Wildman–Crippen MR) is 83.2 cm³/mol. The van der Waals surface area contributed by atoms with Crippen LogP contribution in [0.25, 0.3) is 0 Å². The van der Waals surface area contributed by atoms with Crippen LogP contribution in [0.1, 0.15) is 17.0 Å². The summed E-state index contributed by atoms with van der Waals surface area (Å²) in [4.78, 5) is 6.72. The van der Waals surface area contributed by atoms with Gasteiger partial charge in [-0.1, -0.05) is 30.3 Å². The number of aryl methyl sites for hydroxylation is 1. The van der Waals surface area contributed by atoms with Crippen LogP contribution in [-0.4, -0.2) is 35.3 Å². The van der Waals surface area contributed by atoms with E-state index in [1.165, 1.54) is 5.56 Å².